The molecule has 0 N–H and O–H groups in total. The van der Waals surface area contributed by atoms with Gasteiger partial charge < -0.3 is 9.47 Å². The molecule has 25 heavy (non-hydrogen) atoms. The van der Waals surface area contributed by atoms with Crippen molar-refractivity contribution < 1.29 is 14.3 Å². The maximum atomic E-state index is 12.2. The summed E-state index contributed by atoms with van der Waals surface area (Å²) in [5, 5.41) is 9.62. The van der Waals surface area contributed by atoms with Crippen LogP contribution in [0.4, 0.5) is 0 Å². The second kappa shape index (κ2) is 6.66. The van der Waals surface area contributed by atoms with Crippen LogP contribution in [0.25, 0.3) is 0 Å². The van der Waals surface area contributed by atoms with Gasteiger partial charge in [0.05, 0.1) is 12.2 Å². The van der Waals surface area contributed by atoms with Gasteiger partial charge in [-0.05, 0) is 26.3 Å². The molecular formula is C20H20N2O3. The number of aromatic nitrogens is 1. The maximum Gasteiger partial charge on any atom is 0.232 e. The van der Waals surface area contributed by atoms with Crippen LogP contribution in [-0.2, 0) is 17.8 Å². The Bertz CT molecular complexity index is 851. The van der Waals surface area contributed by atoms with Gasteiger partial charge in [-0.15, -0.1) is 0 Å². The molecule has 128 valence electrons. The zero-order chi connectivity index (χ0) is 18.0. The van der Waals surface area contributed by atoms with Crippen molar-refractivity contribution in [3.8, 4) is 11.9 Å². The molecule has 0 radical (unpaired) electrons. The number of ketones is 1. The van der Waals surface area contributed by atoms with E-state index in [1.807, 2.05) is 26.8 Å². The summed E-state index contributed by atoms with van der Waals surface area (Å²) in [4.78, 5) is 16.6. The van der Waals surface area contributed by atoms with E-state index >= 15 is 0 Å². The lowest BCUT2D eigenvalue weighted by atomic mass is 9.88. The summed E-state index contributed by atoms with van der Waals surface area (Å²) in [5.74, 6) is 0.0751. The van der Waals surface area contributed by atoms with Crippen LogP contribution in [0.2, 0.25) is 0 Å². The topological polar surface area (TPSA) is 72.2 Å². The van der Waals surface area contributed by atoms with Gasteiger partial charge in [-0.25, -0.2) is 4.98 Å². The van der Waals surface area contributed by atoms with E-state index in [9.17, 15) is 10.1 Å². The highest BCUT2D eigenvalue weighted by Crippen LogP contribution is 2.34. The summed E-state index contributed by atoms with van der Waals surface area (Å²) in [5.41, 5.74) is 3.25. The van der Waals surface area contributed by atoms with Gasteiger partial charge in [0.1, 0.15) is 11.6 Å². The van der Waals surface area contributed by atoms with E-state index in [0.717, 1.165) is 16.8 Å². The van der Waals surface area contributed by atoms with E-state index in [1.165, 1.54) is 0 Å². The minimum absolute atomic E-state index is 0.148. The predicted octanol–water partition coefficient (Wildman–Crippen LogP) is 3.37. The molecule has 1 aliphatic heterocycles. The number of carbonyl (C=O) groups excluding carboxylic acids is 1. The zero-order valence-corrected chi connectivity index (χ0v) is 14.6. The van der Waals surface area contributed by atoms with Crippen LogP contribution < -0.4 is 4.74 Å². The average molecular weight is 336 g/mol. The smallest absolute Gasteiger partial charge is 0.232 e. The average Bonchev–Trinajstić information content (AvgIpc) is 2.59. The molecule has 0 fully saturated rings. The lowest BCUT2D eigenvalue weighted by Crippen LogP contribution is -2.33. The van der Waals surface area contributed by atoms with Gasteiger partial charge in [-0.2, -0.15) is 5.26 Å². The van der Waals surface area contributed by atoms with Crippen LogP contribution in [0.15, 0.2) is 30.3 Å². The molecule has 0 unspecified atom stereocenters. The van der Waals surface area contributed by atoms with E-state index in [0.29, 0.717) is 24.2 Å². The summed E-state index contributed by atoms with van der Waals surface area (Å²) >= 11 is 0. The molecule has 0 aliphatic carbocycles. The fraction of sp³-hybridized carbons (Fsp3) is 0.350. The Labute approximate surface area is 147 Å². The summed E-state index contributed by atoms with van der Waals surface area (Å²) in [7, 11) is 0. The number of hydrogen-bond donors (Lipinski definition) is 0. The number of ether oxygens (including phenoxy) is 2. The molecule has 0 bridgehead atoms. The van der Waals surface area contributed by atoms with E-state index in [1.54, 1.807) is 24.3 Å². The number of rotatable bonds is 4. The first-order valence-electron chi connectivity index (χ1n) is 8.19. The van der Waals surface area contributed by atoms with E-state index in [2.05, 4.69) is 11.1 Å². The van der Waals surface area contributed by atoms with Crippen molar-refractivity contribution in [3.63, 3.8) is 0 Å². The number of hydrogen-bond acceptors (Lipinski definition) is 5. The fourth-order valence-electron chi connectivity index (χ4n) is 2.97. The fourth-order valence-corrected chi connectivity index (χ4v) is 2.97. The van der Waals surface area contributed by atoms with Crippen LogP contribution in [-0.4, -0.2) is 23.0 Å². The molecule has 1 aliphatic rings. The Morgan fingerprint density at radius 1 is 1.32 bits per heavy atom. The molecule has 2 heterocycles. The highest BCUT2D eigenvalue weighted by Gasteiger charge is 2.31. The molecule has 0 saturated heterocycles. The monoisotopic (exact) mass is 336 g/mol. The molecule has 5 heteroatoms. The van der Waals surface area contributed by atoms with E-state index in [-0.39, 0.29) is 23.9 Å². The molecule has 1 aromatic carbocycles. The maximum absolute atomic E-state index is 12.2. The summed E-state index contributed by atoms with van der Waals surface area (Å²) in [6.07, 6.45) is 0.609. The predicted molar refractivity (Wildman–Crippen MR) is 92.5 cm³/mol. The third kappa shape index (κ3) is 3.54. The van der Waals surface area contributed by atoms with Crippen molar-refractivity contribution in [1.29, 1.82) is 5.26 Å². The highest BCUT2D eigenvalue weighted by atomic mass is 16.5. The van der Waals surface area contributed by atoms with E-state index < -0.39 is 0 Å². The minimum Gasteiger partial charge on any atom is -0.468 e. The van der Waals surface area contributed by atoms with Crippen molar-refractivity contribution in [2.75, 3.05) is 6.61 Å². The van der Waals surface area contributed by atoms with Crippen LogP contribution >= 0.6 is 0 Å². The quantitative estimate of drug-likeness (QED) is 0.800. The SMILES string of the molecule is Cc1nc(OCC(=O)c2ccccc2)c(C#N)c2c1COC(C)(C)C2. The molecule has 0 amide bonds. The van der Waals surface area contributed by atoms with Gasteiger partial charge in [0, 0.05) is 23.2 Å². The Morgan fingerprint density at radius 2 is 2.04 bits per heavy atom. The second-order valence-corrected chi connectivity index (χ2v) is 6.75. The zero-order valence-electron chi connectivity index (χ0n) is 14.6. The molecule has 3 rings (SSSR count). The Hall–Kier alpha value is -2.71. The summed E-state index contributed by atoms with van der Waals surface area (Å²) in [6.45, 7) is 6.13. The Morgan fingerprint density at radius 3 is 2.72 bits per heavy atom. The first-order valence-corrected chi connectivity index (χ1v) is 8.19. The van der Waals surface area contributed by atoms with Gasteiger partial charge in [-0.1, -0.05) is 30.3 Å². The molecule has 0 spiro atoms. The lowest BCUT2D eigenvalue weighted by molar-refractivity contribution is -0.0407. The molecular weight excluding hydrogens is 316 g/mol. The molecule has 1 aromatic heterocycles. The van der Waals surface area contributed by atoms with Crippen LogP contribution in [0, 0.1) is 18.3 Å². The lowest BCUT2D eigenvalue weighted by Gasteiger charge is -2.33. The number of aryl methyl sites for hydroxylation is 1. The van der Waals surface area contributed by atoms with Crippen molar-refractivity contribution in [3.05, 3.63) is 58.3 Å². The van der Waals surface area contributed by atoms with Gasteiger partial charge in [-0.3, -0.25) is 4.79 Å². The van der Waals surface area contributed by atoms with Gasteiger partial charge in [0.2, 0.25) is 5.88 Å². The van der Waals surface area contributed by atoms with Crippen LogP contribution in [0.3, 0.4) is 0 Å². The minimum atomic E-state index is -0.344. The van der Waals surface area contributed by atoms with Crippen molar-refractivity contribution >= 4 is 5.78 Å². The standard InChI is InChI=1S/C20H20N2O3/c1-13-17-11-25-20(2,3)9-15(17)16(10-21)19(22-13)24-12-18(23)14-7-5-4-6-8-14/h4-8H,9,11-12H2,1-3H3. The summed E-state index contributed by atoms with van der Waals surface area (Å²) in [6, 6.07) is 11.1. The largest absolute Gasteiger partial charge is 0.468 e. The van der Waals surface area contributed by atoms with Gasteiger partial charge >= 0.3 is 0 Å². The van der Waals surface area contributed by atoms with Gasteiger partial charge in [0.25, 0.3) is 0 Å². The number of Topliss-reactive ketones (excluding diaryl/α,β-unsaturated/α-hetero) is 1. The normalized spacial score (nSPS) is 15.1. The third-order valence-electron chi connectivity index (χ3n) is 4.34. The first-order chi connectivity index (χ1) is 11.9. The Kier molecular flexibility index (Phi) is 4.56. The van der Waals surface area contributed by atoms with Crippen molar-refractivity contribution in [1.82, 2.24) is 4.98 Å². The van der Waals surface area contributed by atoms with E-state index in [4.69, 9.17) is 9.47 Å². The molecule has 2 aromatic rings. The number of nitriles is 1. The number of benzene rings is 1. The van der Waals surface area contributed by atoms with Crippen molar-refractivity contribution in [2.24, 2.45) is 0 Å². The number of carbonyl (C=O) groups is 1. The first kappa shape index (κ1) is 17.1. The number of nitrogens with zero attached hydrogens (tertiary/aromatic N) is 2. The third-order valence-corrected chi connectivity index (χ3v) is 4.34. The Balaban J connectivity index is 1.89. The highest BCUT2D eigenvalue weighted by molar-refractivity contribution is 5.97. The second-order valence-electron chi connectivity index (χ2n) is 6.75. The number of pyridine rings is 1. The molecule has 5 nitrogen and oxygen atoms in total. The molecule has 0 atom stereocenters. The van der Waals surface area contributed by atoms with Crippen LogP contribution in [0.1, 0.15) is 46.6 Å². The number of fused-ring (bicyclic) bond motifs is 1. The molecule has 0 saturated carbocycles. The van der Waals surface area contributed by atoms with Crippen LogP contribution in [0.5, 0.6) is 5.88 Å². The van der Waals surface area contributed by atoms with Gasteiger partial charge in [0.15, 0.2) is 12.4 Å². The summed E-state index contributed by atoms with van der Waals surface area (Å²) < 4.78 is 11.5. The van der Waals surface area contributed by atoms with Crippen molar-refractivity contribution in [2.45, 2.75) is 39.4 Å².